The standard InChI is InChI=1S/C26H27Cl2N3O5/c1-5-35-24(32)21-14(3)29-15(4)22(25(33)36-6-2)23(21)16-7-10-18(11-8-16)30-26(34)31-20-12-9-17(27)13-19(20)28/h7-13,23,29H,5-6H2,1-4H3,(H2,30,31,34). The summed E-state index contributed by atoms with van der Waals surface area (Å²) in [7, 11) is 0. The number of anilines is 2. The number of rotatable bonds is 7. The number of halogens is 2. The van der Waals surface area contributed by atoms with E-state index in [1.807, 2.05) is 0 Å². The highest BCUT2D eigenvalue weighted by Crippen LogP contribution is 2.39. The number of carbonyl (C=O) groups is 3. The molecule has 0 radical (unpaired) electrons. The number of dihydropyridines is 1. The number of amides is 2. The first kappa shape index (κ1) is 27.1. The molecule has 2 amide bonds. The summed E-state index contributed by atoms with van der Waals surface area (Å²) >= 11 is 12.0. The summed E-state index contributed by atoms with van der Waals surface area (Å²) < 4.78 is 10.6. The molecule has 2 aromatic rings. The van der Waals surface area contributed by atoms with Crippen LogP contribution in [0.4, 0.5) is 16.2 Å². The Morgan fingerprint density at radius 2 is 1.42 bits per heavy atom. The lowest BCUT2D eigenvalue weighted by Gasteiger charge is -2.30. The van der Waals surface area contributed by atoms with Crippen molar-refractivity contribution >= 4 is 52.5 Å². The van der Waals surface area contributed by atoms with Crippen molar-refractivity contribution in [3.63, 3.8) is 0 Å². The normalized spacial score (nSPS) is 13.7. The predicted octanol–water partition coefficient (Wildman–Crippen LogP) is 6.00. The molecule has 0 aliphatic carbocycles. The third kappa shape index (κ3) is 6.19. The summed E-state index contributed by atoms with van der Waals surface area (Å²) in [4.78, 5) is 38.2. The Morgan fingerprint density at radius 1 is 0.861 bits per heavy atom. The van der Waals surface area contributed by atoms with Gasteiger partial charge >= 0.3 is 18.0 Å². The summed E-state index contributed by atoms with van der Waals surface area (Å²) in [6.45, 7) is 7.33. The monoisotopic (exact) mass is 531 g/mol. The zero-order valence-corrected chi connectivity index (χ0v) is 21.8. The van der Waals surface area contributed by atoms with Crippen molar-refractivity contribution in [2.75, 3.05) is 23.8 Å². The Balaban J connectivity index is 1.89. The van der Waals surface area contributed by atoms with Crippen molar-refractivity contribution < 1.29 is 23.9 Å². The van der Waals surface area contributed by atoms with Crippen LogP contribution in [0.5, 0.6) is 0 Å². The summed E-state index contributed by atoms with van der Waals surface area (Å²) in [5, 5.41) is 9.25. The van der Waals surface area contributed by atoms with Crippen LogP contribution in [0.1, 0.15) is 39.2 Å². The van der Waals surface area contributed by atoms with Crippen LogP contribution < -0.4 is 16.0 Å². The largest absolute Gasteiger partial charge is 0.463 e. The minimum Gasteiger partial charge on any atom is -0.463 e. The number of esters is 2. The number of ether oxygens (including phenoxy) is 2. The maximum absolute atomic E-state index is 12.9. The van der Waals surface area contributed by atoms with E-state index in [0.29, 0.717) is 49.5 Å². The van der Waals surface area contributed by atoms with Gasteiger partial charge in [-0.15, -0.1) is 0 Å². The maximum Gasteiger partial charge on any atom is 0.336 e. The van der Waals surface area contributed by atoms with Gasteiger partial charge in [0.05, 0.1) is 41.0 Å². The molecular weight excluding hydrogens is 505 g/mol. The molecule has 0 atom stereocenters. The van der Waals surface area contributed by atoms with Crippen molar-refractivity contribution in [2.45, 2.75) is 33.6 Å². The fourth-order valence-corrected chi connectivity index (χ4v) is 4.38. The maximum atomic E-state index is 12.9. The average molecular weight is 532 g/mol. The molecule has 2 aromatic carbocycles. The van der Waals surface area contributed by atoms with Gasteiger partial charge in [-0.2, -0.15) is 0 Å². The van der Waals surface area contributed by atoms with Gasteiger partial charge in [-0.1, -0.05) is 35.3 Å². The zero-order chi connectivity index (χ0) is 26.4. The molecule has 1 heterocycles. The lowest BCUT2D eigenvalue weighted by Crippen LogP contribution is -2.32. The predicted molar refractivity (Wildman–Crippen MR) is 140 cm³/mol. The summed E-state index contributed by atoms with van der Waals surface area (Å²) in [5.74, 6) is -1.76. The highest BCUT2D eigenvalue weighted by Gasteiger charge is 2.37. The Labute approximate surface area is 219 Å². The van der Waals surface area contributed by atoms with E-state index in [4.69, 9.17) is 32.7 Å². The second-order valence-electron chi connectivity index (χ2n) is 7.90. The molecule has 8 nitrogen and oxygen atoms in total. The van der Waals surface area contributed by atoms with Crippen LogP contribution in [0.15, 0.2) is 65.0 Å². The van der Waals surface area contributed by atoms with Crippen LogP contribution in [0, 0.1) is 0 Å². The van der Waals surface area contributed by atoms with E-state index in [9.17, 15) is 14.4 Å². The highest BCUT2D eigenvalue weighted by atomic mass is 35.5. The van der Waals surface area contributed by atoms with Crippen molar-refractivity contribution in [3.05, 3.63) is 80.6 Å². The summed E-state index contributed by atoms with van der Waals surface area (Å²) in [6.07, 6.45) is 0. The lowest BCUT2D eigenvalue weighted by atomic mass is 9.80. The third-order valence-corrected chi connectivity index (χ3v) is 5.98. The van der Waals surface area contributed by atoms with Crippen LogP contribution >= 0.6 is 23.2 Å². The van der Waals surface area contributed by atoms with E-state index in [-0.39, 0.29) is 13.2 Å². The van der Waals surface area contributed by atoms with Gasteiger partial charge in [0.25, 0.3) is 0 Å². The van der Waals surface area contributed by atoms with Crippen LogP contribution in [0.25, 0.3) is 0 Å². The molecule has 0 aromatic heterocycles. The number of hydrogen-bond acceptors (Lipinski definition) is 6. The molecule has 190 valence electrons. The molecule has 1 aliphatic rings. The number of hydrogen-bond donors (Lipinski definition) is 3. The van der Waals surface area contributed by atoms with Gasteiger partial charge in [-0.25, -0.2) is 14.4 Å². The van der Waals surface area contributed by atoms with Crippen molar-refractivity contribution in [1.29, 1.82) is 0 Å². The lowest BCUT2D eigenvalue weighted by molar-refractivity contribution is -0.139. The number of carbonyl (C=O) groups excluding carboxylic acids is 3. The Morgan fingerprint density at radius 3 is 1.92 bits per heavy atom. The van der Waals surface area contributed by atoms with E-state index in [2.05, 4.69) is 16.0 Å². The van der Waals surface area contributed by atoms with Crippen LogP contribution in [-0.2, 0) is 19.1 Å². The fraction of sp³-hybridized carbons (Fsp3) is 0.269. The minimum atomic E-state index is -0.708. The molecule has 0 fully saturated rings. The van der Waals surface area contributed by atoms with Gasteiger partial charge in [0.15, 0.2) is 0 Å². The van der Waals surface area contributed by atoms with E-state index in [1.54, 1.807) is 64.1 Å². The van der Waals surface area contributed by atoms with E-state index in [1.165, 1.54) is 6.07 Å². The van der Waals surface area contributed by atoms with Gasteiger partial charge in [0.1, 0.15) is 0 Å². The molecule has 1 aliphatic heterocycles. The second-order valence-corrected chi connectivity index (χ2v) is 8.75. The summed E-state index contributed by atoms with van der Waals surface area (Å²) in [6, 6.07) is 11.1. The molecule has 3 rings (SSSR count). The first-order valence-electron chi connectivity index (χ1n) is 11.3. The Kier molecular flexibility index (Phi) is 9.01. The van der Waals surface area contributed by atoms with Crippen molar-refractivity contribution in [3.8, 4) is 0 Å². The van der Waals surface area contributed by atoms with Crippen molar-refractivity contribution in [1.82, 2.24) is 5.32 Å². The van der Waals surface area contributed by atoms with Gasteiger partial charge < -0.3 is 25.4 Å². The zero-order valence-electron chi connectivity index (χ0n) is 20.3. The van der Waals surface area contributed by atoms with E-state index >= 15 is 0 Å². The van der Waals surface area contributed by atoms with E-state index < -0.39 is 23.9 Å². The SMILES string of the molecule is CCOC(=O)C1=C(C)NC(C)=C(C(=O)OCC)C1c1ccc(NC(=O)Nc2ccc(Cl)cc2Cl)cc1. The molecule has 0 bridgehead atoms. The van der Waals surface area contributed by atoms with Gasteiger partial charge in [0, 0.05) is 22.1 Å². The van der Waals surface area contributed by atoms with Gasteiger partial charge in [-0.05, 0) is 63.6 Å². The highest BCUT2D eigenvalue weighted by molar-refractivity contribution is 6.36. The first-order valence-corrected chi connectivity index (χ1v) is 12.1. The van der Waals surface area contributed by atoms with Crippen molar-refractivity contribution in [2.24, 2.45) is 0 Å². The van der Waals surface area contributed by atoms with Gasteiger partial charge in [-0.3, -0.25) is 0 Å². The smallest absolute Gasteiger partial charge is 0.336 e. The number of benzene rings is 2. The molecule has 0 unspecified atom stereocenters. The molecule has 0 spiro atoms. The number of nitrogens with one attached hydrogen (secondary N) is 3. The Bertz CT molecular complexity index is 1200. The summed E-state index contributed by atoms with van der Waals surface area (Å²) in [5.41, 5.74) is 3.38. The van der Waals surface area contributed by atoms with E-state index in [0.717, 1.165) is 0 Å². The third-order valence-electron chi connectivity index (χ3n) is 5.43. The molecule has 36 heavy (non-hydrogen) atoms. The molecular formula is C26H27Cl2N3O5. The quantitative estimate of drug-likeness (QED) is 0.378. The fourth-order valence-electron chi connectivity index (χ4n) is 3.92. The second kappa shape index (κ2) is 12.0. The molecule has 10 heteroatoms. The topological polar surface area (TPSA) is 106 Å². The minimum absolute atomic E-state index is 0.190. The van der Waals surface area contributed by atoms with Gasteiger partial charge in [0.2, 0.25) is 0 Å². The number of allylic oxidation sites excluding steroid dienone is 2. The van der Waals surface area contributed by atoms with Crippen LogP contribution in [0.2, 0.25) is 10.0 Å². The first-order chi connectivity index (χ1) is 17.2. The molecule has 3 N–H and O–H groups in total. The van der Waals surface area contributed by atoms with Crippen LogP contribution in [0.3, 0.4) is 0 Å². The molecule has 0 saturated carbocycles. The molecule has 0 saturated heterocycles. The number of urea groups is 1. The van der Waals surface area contributed by atoms with Crippen LogP contribution in [-0.4, -0.2) is 31.2 Å². The average Bonchev–Trinajstić information content (AvgIpc) is 2.81. The Hall–Kier alpha value is -3.49.